The Morgan fingerprint density at radius 2 is 2.13 bits per heavy atom. The molecule has 80 valence electrons. The van der Waals surface area contributed by atoms with Crippen molar-refractivity contribution in [2.45, 2.75) is 12.8 Å². The van der Waals surface area contributed by atoms with Gasteiger partial charge in [0.05, 0.1) is 4.92 Å². The Hall–Kier alpha value is -1.42. The third-order valence-electron chi connectivity index (χ3n) is 2.97. The minimum Gasteiger partial charge on any atom is -0.305 e. The number of aryl methyl sites for hydroxylation is 1. The van der Waals surface area contributed by atoms with Gasteiger partial charge in [-0.1, -0.05) is 12.1 Å². The first-order chi connectivity index (χ1) is 7.08. The lowest BCUT2D eigenvalue weighted by Gasteiger charge is -2.36. The number of likely N-dealkylation sites (N-methyl/N-ethyl adjacent to an activating group) is 1. The average molecular weight is 206 g/mol. The summed E-state index contributed by atoms with van der Waals surface area (Å²) in [6.07, 6.45) is 0. The number of hydrogen-bond donors (Lipinski definition) is 0. The molecule has 2 rings (SSSR count). The second-order valence-corrected chi connectivity index (χ2v) is 4.22. The Labute approximate surface area is 88.7 Å². The van der Waals surface area contributed by atoms with Crippen molar-refractivity contribution in [2.75, 3.05) is 20.1 Å². The first-order valence-corrected chi connectivity index (χ1v) is 5.01. The van der Waals surface area contributed by atoms with Crippen LogP contribution in [0.25, 0.3) is 0 Å². The lowest BCUT2D eigenvalue weighted by atomic mass is 9.91. The maximum absolute atomic E-state index is 10.8. The van der Waals surface area contributed by atoms with Crippen LogP contribution >= 0.6 is 0 Å². The number of nitrogens with zero attached hydrogens (tertiary/aromatic N) is 2. The van der Waals surface area contributed by atoms with Crippen molar-refractivity contribution in [3.63, 3.8) is 0 Å². The van der Waals surface area contributed by atoms with Gasteiger partial charge in [-0.15, -0.1) is 0 Å². The zero-order valence-corrected chi connectivity index (χ0v) is 8.93. The van der Waals surface area contributed by atoms with Gasteiger partial charge in [0.15, 0.2) is 0 Å². The molecule has 0 bridgehead atoms. The van der Waals surface area contributed by atoms with E-state index in [1.165, 1.54) is 0 Å². The van der Waals surface area contributed by atoms with E-state index in [4.69, 9.17) is 0 Å². The van der Waals surface area contributed by atoms with Crippen molar-refractivity contribution in [1.82, 2.24) is 4.90 Å². The van der Waals surface area contributed by atoms with E-state index in [2.05, 4.69) is 11.9 Å². The first kappa shape index (κ1) is 10.1. The molecule has 0 saturated carbocycles. The molecular weight excluding hydrogens is 192 g/mol. The number of benzene rings is 1. The molecule has 1 aromatic carbocycles. The summed E-state index contributed by atoms with van der Waals surface area (Å²) in [7, 11) is 2.05. The number of hydrogen-bond acceptors (Lipinski definition) is 3. The van der Waals surface area contributed by atoms with Gasteiger partial charge in [0, 0.05) is 30.6 Å². The molecule has 4 heteroatoms. The highest BCUT2D eigenvalue weighted by atomic mass is 16.6. The second-order valence-electron chi connectivity index (χ2n) is 4.22. The predicted molar refractivity (Wildman–Crippen MR) is 58.1 cm³/mol. The van der Waals surface area contributed by atoms with Crippen molar-refractivity contribution >= 4 is 5.69 Å². The summed E-state index contributed by atoms with van der Waals surface area (Å²) in [6, 6.07) is 5.55. The molecular formula is C11H14N2O2. The van der Waals surface area contributed by atoms with Crippen LogP contribution in [0.4, 0.5) is 5.69 Å². The highest BCUT2D eigenvalue weighted by Crippen LogP contribution is 2.29. The van der Waals surface area contributed by atoms with Crippen molar-refractivity contribution in [2.24, 2.45) is 0 Å². The molecule has 0 aromatic heterocycles. The largest absolute Gasteiger partial charge is 0.305 e. The molecule has 1 saturated heterocycles. The Morgan fingerprint density at radius 1 is 1.47 bits per heavy atom. The third kappa shape index (κ3) is 1.85. The molecule has 15 heavy (non-hydrogen) atoms. The molecule has 0 aliphatic carbocycles. The minimum absolute atomic E-state index is 0.238. The summed E-state index contributed by atoms with van der Waals surface area (Å²) >= 11 is 0. The van der Waals surface area contributed by atoms with E-state index in [0.29, 0.717) is 5.92 Å². The van der Waals surface area contributed by atoms with Crippen LogP contribution in [0, 0.1) is 17.0 Å². The Morgan fingerprint density at radius 3 is 2.67 bits per heavy atom. The van der Waals surface area contributed by atoms with Gasteiger partial charge in [-0.05, 0) is 19.5 Å². The fourth-order valence-corrected chi connectivity index (χ4v) is 1.99. The molecule has 1 fully saturated rings. The fourth-order valence-electron chi connectivity index (χ4n) is 1.99. The lowest BCUT2D eigenvalue weighted by Crippen LogP contribution is -2.41. The van der Waals surface area contributed by atoms with Gasteiger partial charge < -0.3 is 4.90 Å². The van der Waals surface area contributed by atoms with Gasteiger partial charge in [0.2, 0.25) is 0 Å². The van der Waals surface area contributed by atoms with Crippen molar-refractivity contribution in [3.8, 4) is 0 Å². The molecule has 0 atom stereocenters. The molecule has 1 aliphatic rings. The number of nitro groups is 1. The average Bonchev–Trinajstić information content (AvgIpc) is 2.14. The maximum Gasteiger partial charge on any atom is 0.272 e. The van der Waals surface area contributed by atoms with Crippen LogP contribution in [0.5, 0.6) is 0 Å². The van der Waals surface area contributed by atoms with Crippen LogP contribution in [-0.2, 0) is 0 Å². The van der Waals surface area contributed by atoms with E-state index >= 15 is 0 Å². The molecule has 0 amide bonds. The van der Waals surface area contributed by atoms with E-state index in [1.54, 1.807) is 13.0 Å². The molecule has 0 N–H and O–H groups in total. The van der Waals surface area contributed by atoms with Crippen molar-refractivity contribution in [1.29, 1.82) is 0 Å². The van der Waals surface area contributed by atoms with Crippen LogP contribution in [-0.4, -0.2) is 30.0 Å². The highest BCUT2D eigenvalue weighted by Gasteiger charge is 2.26. The summed E-state index contributed by atoms with van der Waals surface area (Å²) in [5, 5.41) is 10.8. The maximum atomic E-state index is 10.8. The topological polar surface area (TPSA) is 46.4 Å². The standard InChI is InChI=1S/C11H14N2O2/c1-8-3-4-9(5-11(8)13(14)15)10-6-12(2)7-10/h3-5,10H,6-7H2,1-2H3. The quantitative estimate of drug-likeness (QED) is 0.548. The zero-order chi connectivity index (χ0) is 11.0. The molecule has 1 heterocycles. The van der Waals surface area contributed by atoms with Crippen molar-refractivity contribution in [3.05, 3.63) is 39.4 Å². The van der Waals surface area contributed by atoms with Gasteiger partial charge in [-0.25, -0.2) is 0 Å². The van der Waals surface area contributed by atoms with E-state index in [0.717, 1.165) is 24.2 Å². The summed E-state index contributed by atoms with van der Waals surface area (Å²) in [6.45, 7) is 3.77. The van der Waals surface area contributed by atoms with Gasteiger partial charge in [0.25, 0.3) is 5.69 Å². The molecule has 1 aliphatic heterocycles. The van der Waals surface area contributed by atoms with Gasteiger partial charge in [-0.2, -0.15) is 0 Å². The normalized spacial score (nSPS) is 17.5. The lowest BCUT2D eigenvalue weighted by molar-refractivity contribution is -0.385. The second kappa shape index (κ2) is 3.62. The predicted octanol–water partition coefficient (Wildman–Crippen LogP) is 1.93. The Bertz CT molecular complexity index is 398. The number of rotatable bonds is 2. The molecule has 0 radical (unpaired) electrons. The van der Waals surface area contributed by atoms with Crippen LogP contribution < -0.4 is 0 Å². The number of likely N-dealkylation sites (tertiary alicyclic amines) is 1. The monoisotopic (exact) mass is 206 g/mol. The first-order valence-electron chi connectivity index (χ1n) is 5.01. The Kier molecular flexibility index (Phi) is 2.44. The van der Waals surface area contributed by atoms with E-state index in [-0.39, 0.29) is 10.6 Å². The molecule has 4 nitrogen and oxygen atoms in total. The highest BCUT2D eigenvalue weighted by molar-refractivity contribution is 5.44. The van der Waals surface area contributed by atoms with Crippen LogP contribution in [0.15, 0.2) is 18.2 Å². The Balaban J connectivity index is 2.27. The SMILES string of the molecule is Cc1ccc(C2CN(C)C2)cc1[N+](=O)[O-]. The number of nitro benzene ring substituents is 1. The summed E-state index contributed by atoms with van der Waals surface area (Å²) < 4.78 is 0. The van der Waals surface area contributed by atoms with Crippen LogP contribution in [0.1, 0.15) is 17.0 Å². The molecule has 0 unspecified atom stereocenters. The van der Waals surface area contributed by atoms with E-state index < -0.39 is 0 Å². The van der Waals surface area contributed by atoms with Crippen LogP contribution in [0.2, 0.25) is 0 Å². The summed E-state index contributed by atoms with van der Waals surface area (Å²) in [5.74, 6) is 0.467. The van der Waals surface area contributed by atoms with Crippen molar-refractivity contribution < 1.29 is 4.92 Å². The third-order valence-corrected chi connectivity index (χ3v) is 2.97. The van der Waals surface area contributed by atoms with Gasteiger partial charge in [-0.3, -0.25) is 10.1 Å². The molecule has 0 spiro atoms. The van der Waals surface area contributed by atoms with Gasteiger partial charge in [0.1, 0.15) is 0 Å². The summed E-state index contributed by atoms with van der Waals surface area (Å²) in [4.78, 5) is 12.7. The van der Waals surface area contributed by atoms with E-state index in [1.807, 2.05) is 12.1 Å². The smallest absolute Gasteiger partial charge is 0.272 e. The molecule has 1 aromatic rings. The summed E-state index contributed by atoms with van der Waals surface area (Å²) in [5.41, 5.74) is 2.06. The minimum atomic E-state index is -0.304. The van der Waals surface area contributed by atoms with E-state index in [9.17, 15) is 10.1 Å². The fraction of sp³-hybridized carbons (Fsp3) is 0.455. The zero-order valence-electron chi connectivity index (χ0n) is 8.93. The van der Waals surface area contributed by atoms with Crippen LogP contribution in [0.3, 0.4) is 0 Å². The van der Waals surface area contributed by atoms with Gasteiger partial charge >= 0.3 is 0 Å².